The fraction of sp³-hybridized carbons (Fsp3) is 0.500. The Morgan fingerprint density at radius 3 is 2.68 bits per heavy atom. The second-order valence-corrected chi connectivity index (χ2v) is 7.13. The Balaban J connectivity index is 2.05. The second kappa shape index (κ2) is 7.83. The van der Waals surface area contributed by atoms with Crippen LogP contribution >= 0.6 is 0 Å². The molecular formula is C20H29N3O2. The number of aromatic nitrogens is 2. The summed E-state index contributed by atoms with van der Waals surface area (Å²) in [6, 6.07) is 9.57. The van der Waals surface area contributed by atoms with Crippen LogP contribution in [0.3, 0.4) is 0 Å². The Bertz CT molecular complexity index is 734. The van der Waals surface area contributed by atoms with Crippen LogP contribution in [0.15, 0.2) is 30.3 Å². The Morgan fingerprint density at radius 1 is 1.36 bits per heavy atom. The molecule has 0 saturated carbocycles. The largest absolute Gasteiger partial charge is 0.388 e. The van der Waals surface area contributed by atoms with Gasteiger partial charge in [0.05, 0.1) is 17.8 Å². The first-order valence-electron chi connectivity index (χ1n) is 8.83. The number of aliphatic hydroxyl groups is 1. The fourth-order valence-electron chi connectivity index (χ4n) is 2.79. The van der Waals surface area contributed by atoms with Crippen molar-refractivity contribution in [2.75, 3.05) is 6.54 Å². The Morgan fingerprint density at radius 2 is 2.08 bits per heavy atom. The van der Waals surface area contributed by atoms with E-state index in [1.165, 1.54) is 0 Å². The minimum atomic E-state index is -0.911. The van der Waals surface area contributed by atoms with E-state index in [4.69, 9.17) is 0 Å². The summed E-state index contributed by atoms with van der Waals surface area (Å²) in [4.78, 5) is 12.4. The molecule has 136 valence electrons. The van der Waals surface area contributed by atoms with Crippen LogP contribution in [0.4, 0.5) is 0 Å². The highest BCUT2D eigenvalue weighted by atomic mass is 16.3. The summed E-state index contributed by atoms with van der Waals surface area (Å²) >= 11 is 0. The molecule has 2 unspecified atom stereocenters. The summed E-state index contributed by atoms with van der Waals surface area (Å²) in [7, 11) is 0. The molecule has 1 heterocycles. The number of hydrogen-bond donors (Lipinski definition) is 2. The third-order valence-electron chi connectivity index (χ3n) is 4.91. The highest BCUT2D eigenvalue weighted by molar-refractivity contribution is 5.94. The van der Waals surface area contributed by atoms with E-state index in [9.17, 15) is 9.90 Å². The van der Waals surface area contributed by atoms with Crippen molar-refractivity contribution in [3.63, 3.8) is 0 Å². The molecule has 0 bridgehead atoms. The molecule has 2 N–H and O–H groups in total. The first-order valence-corrected chi connectivity index (χ1v) is 8.83. The van der Waals surface area contributed by atoms with E-state index in [0.29, 0.717) is 12.1 Å². The molecule has 25 heavy (non-hydrogen) atoms. The van der Waals surface area contributed by atoms with Gasteiger partial charge in [-0.15, -0.1) is 0 Å². The molecule has 0 fully saturated rings. The van der Waals surface area contributed by atoms with Gasteiger partial charge in [0.1, 0.15) is 0 Å². The predicted molar refractivity (Wildman–Crippen MR) is 99.7 cm³/mol. The molecule has 0 saturated heterocycles. The number of carbonyl (C=O) groups is 1. The van der Waals surface area contributed by atoms with E-state index >= 15 is 0 Å². The van der Waals surface area contributed by atoms with Crippen molar-refractivity contribution in [2.24, 2.45) is 5.92 Å². The lowest BCUT2D eigenvalue weighted by molar-refractivity contribution is 0.00592. The van der Waals surface area contributed by atoms with Gasteiger partial charge in [-0.05, 0) is 50.5 Å². The van der Waals surface area contributed by atoms with Crippen molar-refractivity contribution in [1.29, 1.82) is 0 Å². The summed E-state index contributed by atoms with van der Waals surface area (Å²) in [6.07, 6.45) is 0.862. The van der Waals surface area contributed by atoms with Gasteiger partial charge in [0.15, 0.2) is 0 Å². The van der Waals surface area contributed by atoms with Crippen molar-refractivity contribution < 1.29 is 9.90 Å². The standard InChI is InChI=1S/C20H29N3O2/c1-6-14(2)20(5,25)13-21-19(24)18-9-7-8-17(11-18)12-23-16(4)10-15(3)22-23/h7-11,14,25H,6,12-13H2,1-5H3,(H,21,24). The van der Waals surface area contributed by atoms with Gasteiger partial charge >= 0.3 is 0 Å². The molecule has 0 spiro atoms. The summed E-state index contributed by atoms with van der Waals surface area (Å²) in [5.41, 5.74) is 2.79. The van der Waals surface area contributed by atoms with E-state index in [1.54, 1.807) is 13.0 Å². The van der Waals surface area contributed by atoms with Gasteiger partial charge in [-0.2, -0.15) is 5.10 Å². The molecule has 1 aromatic carbocycles. The zero-order chi connectivity index (χ0) is 18.6. The van der Waals surface area contributed by atoms with Crippen LogP contribution in [-0.4, -0.2) is 32.9 Å². The molecule has 5 heteroatoms. The van der Waals surface area contributed by atoms with Crippen LogP contribution < -0.4 is 5.32 Å². The number of carbonyl (C=O) groups excluding carboxylic acids is 1. The topological polar surface area (TPSA) is 67.2 Å². The van der Waals surface area contributed by atoms with Crippen molar-refractivity contribution in [1.82, 2.24) is 15.1 Å². The minimum absolute atomic E-state index is 0.116. The van der Waals surface area contributed by atoms with Gasteiger partial charge in [-0.25, -0.2) is 0 Å². The highest BCUT2D eigenvalue weighted by Gasteiger charge is 2.27. The molecule has 0 aliphatic heterocycles. The first kappa shape index (κ1) is 19.2. The third-order valence-corrected chi connectivity index (χ3v) is 4.91. The number of hydrogen-bond acceptors (Lipinski definition) is 3. The smallest absolute Gasteiger partial charge is 0.251 e. The van der Waals surface area contributed by atoms with Gasteiger partial charge < -0.3 is 10.4 Å². The number of aryl methyl sites for hydroxylation is 2. The van der Waals surface area contributed by atoms with E-state index in [1.807, 2.05) is 56.6 Å². The molecule has 0 aliphatic carbocycles. The third kappa shape index (κ3) is 4.92. The Kier molecular flexibility index (Phi) is 6.01. The minimum Gasteiger partial charge on any atom is -0.388 e. The van der Waals surface area contributed by atoms with Gasteiger partial charge in [0.25, 0.3) is 5.91 Å². The number of benzene rings is 1. The molecule has 1 aromatic heterocycles. The van der Waals surface area contributed by atoms with Crippen LogP contribution in [0.2, 0.25) is 0 Å². The highest BCUT2D eigenvalue weighted by Crippen LogP contribution is 2.19. The number of nitrogens with zero attached hydrogens (tertiary/aromatic N) is 2. The summed E-state index contributed by atoms with van der Waals surface area (Å²) in [6.45, 7) is 10.6. The van der Waals surface area contributed by atoms with Crippen molar-refractivity contribution in [3.8, 4) is 0 Å². The average Bonchev–Trinajstić information content (AvgIpc) is 2.89. The van der Waals surface area contributed by atoms with Crippen molar-refractivity contribution in [3.05, 3.63) is 52.8 Å². The average molecular weight is 343 g/mol. The van der Waals surface area contributed by atoms with Crippen LogP contribution in [0.25, 0.3) is 0 Å². The summed E-state index contributed by atoms with van der Waals surface area (Å²) in [5.74, 6) is -0.0519. The summed E-state index contributed by atoms with van der Waals surface area (Å²) in [5, 5.41) is 17.7. The quantitative estimate of drug-likeness (QED) is 0.812. The number of amides is 1. The van der Waals surface area contributed by atoms with Crippen LogP contribution in [0, 0.1) is 19.8 Å². The molecule has 1 amide bonds. The SMILES string of the molecule is CCC(C)C(C)(O)CNC(=O)c1cccc(Cn2nc(C)cc2C)c1. The number of rotatable bonds is 7. The summed E-state index contributed by atoms with van der Waals surface area (Å²) < 4.78 is 1.93. The van der Waals surface area contributed by atoms with E-state index < -0.39 is 5.60 Å². The lowest BCUT2D eigenvalue weighted by Crippen LogP contribution is -2.45. The van der Waals surface area contributed by atoms with E-state index in [0.717, 1.165) is 23.4 Å². The Hall–Kier alpha value is -2.14. The van der Waals surface area contributed by atoms with E-state index in [2.05, 4.69) is 10.4 Å². The molecule has 2 aromatic rings. The second-order valence-electron chi connectivity index (χ2n) is 7.13. The zero-order valence-corrected chi connectivity index (χ0v) is 15.8. The predicted octanol–water partition coefficient (Wildman–Crippen LogP) is 3.08. The lowest BCUT2D eigenvalue weighted by atomic mass is 9.88. The Labute approximate surface area is 150 Å². The van der Waals surface area contributed by atoms with Gasteiger partial charge in [0, 0.05) is 17.8 Å². The monoisotopic (exact) mass is 343 g/mol. The van der Waals surface area contributed by atoms with Crippen LogP contribution in [-0.2, 0) is 6.54 Å². The van der Waals surface area contributed by atoms with Gasteiger partial charge in [-0.3, -0.25) is 9.48 Å². The maximum atomic E-state index is 12.4. The molecular weight excluding hydrogens is 314 g/mol. The van der Waals surface area contributed by atoms with Crippen LogP contribution in [0.1, 0.15) is 54.5 Å². The molecule has 2 atom stereocenters. The van der Waals surface area contributed by atoms with Gasteiger partial charge in [0.2, 0.25) is 0 Å². The van der Waals surface area contributed by atoms with Crippen molar-refractivity contribution >= 4 is 5.91 Å². The van der Waals surface area contributed by atoms with Crippen molar-refractivity contribution in [2.45, 2.75) is 53.2 Å². The first-order chi connectivity index (χ1) is 11.7. The maximum Gasteiger partial charge on any atom is 0.251 e. The lowest BCUT2D eigenvalue weighted by Gasteiger charge is -2.29. The molecule has 2 rings (SSSR count). The molecule has 5 nitrogen and oxygen atoms in total. The normalized spacial score (nSPS) is 14.8. The number of nitrogens with one attached hydrogen (secondary N) is 1. The molecule has 0 radical (unpaired) electrons. The van der Waals surface area contributed by atoms with Gasteiger partial charge in [-0.1, -0.05) is 32.4 Å². The fourth-order valence-corrected chi connectivity index (χ4v) is 2.79. The zero-order valence-electron chi connectivity index (χ0n) is 15.8. The van der Waals surface area contributed by atoms with E-state index in [-0.39, 0.29) is 18.4 Å². The maximum absolute atomic E-state index is 12.4. The molecule has 0 aliphatic rings. The van der Waals surface area contributed by atoms with Crippen LogP contribution in [0.5, 0.6) is 0 Å².